The second kappa shape index (κ2) is 3.65. The third-order valence-electron chi connectivity index (χ3n) is 3.82. The summed E-state index contributed by atoms with van der Waals surface area (Å²) in [6.07, 6.45) is 6.39. The van der Waals surface area contributed by atoms with Crippen LogP contribution in [0.25, 0.3) is 0 Å². The summed E-state index contributed by atoms with van der Waals surface area (Å²) in [5.41, 5.74) is -0.103. The highest BCUT2D eigenvalue weighted by atomic mass is 16.6. The molecule has 2 aliphatic rings. The molecule has 0 aromatic carbocycles. The molecular formula is C12H20O2. The first kappa shape index (κ1) is 10.2. The lowest BCUT2D eigenvalue weighted by Gasteiger charge is -2.31. The lowest BCUT2D eigenvalue weighted by atomic mass is 9.73. The largest absolute Gasteiger partial charge is 0.369 e. The molecule has 1 saturated carbocycles. The number of carbonyl (C=O) groups excluding carboxylic acids is 1. The Kier molecular flexibility index (Phi) is 2.65. The molecule has 0 aromatic rings. The van der Waals surface area contributed by atoms with Gasteiger partial charge in [0, 0.05) is 0 Å². The van der Waals surface area contributed by atoms with E-state index in [0.29, 0.717) is 11.7 Å². The van der Waals surface area contributed by atoms with Gasteiger partial charge in [-0.2, -0.15) is 0 Å². The molecule has 2 fully saturated rings. The average molecular weight is 196 g/mol. The van der Waals surface area contributed by atoms with Crippen molar-refractivity contribution in [3.8, 4) is 0 Å². The van der Waals surface area contributed by atoms with Gasteiger partial charge in [0.2, 0.25) is 0 Å². The molecule has 2 heteroatoms. The fourth-order valence-corrected chi connectivity index (χ4v) is 3.02. The quantitative estimate of drug-likeness (QED) is 0.649. The van der Waals surface area contributed by atoms with E-state index < -0.39 is 0 Å². The van der Waals surface area contributed by atoms with Crippen LogP contribution in [0, 0.1) is 11.8 Å². The minimum atomic E-state index is -0.103. The predicted octanol–water partition coefficient (Wildman–Crippen LogP) is 2.56. The molecule has 1 heterocycles. The number of ether oxygens (including phenoxy) is 1. The van der Waals surface area contributed by atoms with E-state index in [2.05, 4.69) is 6.92 Å². The number of rotatable bonds is 3. The van der Waals surface area contributed by atoms with Crippen molar-refractivity contribution >= 4 is 5.78 Å². The first-order valence-electron chi connectivity index (χ1n) is 5.78. The molecule has 2 atom stereocenters. The summed E-state index contributed by atoms with van der Waals surface area (Å²) in [6.45, 7) is 4.60. The highest BCUT2D eigenvalue weighted by molar-refractivity contribution is 5.80. The maximum absolute atomic E-state index is 11.6. The SMILES string of the molecule is CC(=O)C(C1CCCCC1)C1(C)CO1. The molecule has 2 unspecified atom stereocenters. The number of ketones is 1. The maximum Gasteiger partial charge on any atom is 0.136 e. The van der Waals surface area contributed by atoms with Crippen molar-refractivity contribution in [2.45, 2.75) is 51.6 Å². The normalized spacial score (nSPS) is 35.3. The van der Waals surface area contributed by atoms with E-state index in [4.69, 9.17) is 4.74 Å². The van der Waals surface area contributed by atoms with Gasteiger partial charge in [0.25, 0.3) is 0 Å². The standard InChI is InChI=1S/C12H20O2/c1-9(13)11(12(2)8-14-12)10-6-4-3-5-7-10/h10-11H,3-8H2,1-2H3. The van der Waals surface area contributed by atoms with Crippen LogP contribution in [-0.4, -0.2) is 18.0 Å². The van der Waals surface area contributed by atoms with Crippen molar-refractivity contribution < 1.29 is 9.53 Å². The zero-order valence-corrected chi connectivity index (χ0v) is 9.21. The summed E-state index contributed by atoms with van der Waals surface area (Å²) >= 11 is 0. The van der Waals surface area contributed by atoms with Crippen molar-refractivity contribution in [1.82, 2.24) is 0 Å². The number of hydrogen-bond donors (Lipinski definition) is 0. The second-order valence-corrected chi connectivity index (χ2v) is 5.09. The van der Waals surface area contributed by atoms with Gasteiger partial charge < -0.3 is 4.74 Å². The highest BCUT2D eigenvalue weighted by Gasteiger charge is 2.52. The minimum Gasteiger partial charge on any atom is -0.369 e. The molecule has 0 spiro atoms. The number of carbonyl (C=O) groups is 1. The Morgan fingerprint density at radius 3 is 2.36 bits per heavy atom. The van der Waals surface area contributed by atoms with Crippen molar-refractivity contribution in [3.05, 3.63) is 0 Å². The maximum atomic E-state index is 11.6. The van der Waals surface area contributed by atoms with Gasteiger partial charge in [-0.3, -0.25) is 4.79 Å². The van der Waals surface area contributed by atoms with E-state index in [9.17, 15) is 4.79 Å². The van der Waals surface area contributed by atoms with Crippen LogP contribution in [0.1, 0.15) is 46.0 Å². The van der Waals surface area contributed by atoms with Crippen LogP contribution in [-0.2, 0) is 9.53 Å². The summed E-state index contributed by atoms with van der Waals surface area (Å²) in [7, 11) is 0. The fourth-order valence-electron chi connectivity index (χ4n) is 3.02. The van der Waals surface area contributed by atoms with E-state index in [0.717, 1.165) is 6.61 Å². The Bertz CT molecular complexity index is 224. The minimum absolute atomic E-state index is 0.103. The van der Waals surface area contributed by atoms with Crippen LogP contribution < -0.4 is 0 Å². The van der Waals surface area contributed by atoms with Gasteiger partial charge in [-0.05, 0) is 32.6 Å². The van der Waals surface area contributed by atoms with E-state index in [1.807, 2.05) is 0 Å². The van der Waals surface area contributed by atoms with E-state index >= 15 is 0 Å². The summed E-state index contributed by atoms with van der Waals surface area (Å²) in [6, 6.07) is 0. The van der Waals surface area contributed by atoms with Gasteiger partial charge >= 0.3 is 0 Å². The first-order chi connectivity index (χ1) is 6.63. The lowest BCUT2D eigenvalue weighted by Crippen LogP contribution is -2.35. The van der Waals surface area contributed by atoms with Gasteiger partial charge in [0.1, 0.15) is 5.78 Å². The van der Waals surface area contributed by atoms with Crippen LogP contribution >= 0.6 is 0 Å². The highest BCUT2D eigenvalue weighted by Crippen LogP contribution is 2.44. The van der Waals surface area contributed by atoms with Crippen LogP contribution in [0.15, 0.2) is 0 Å². The number of hydrogen-bond acceptors (Lipinski definition) is 2. The van der Waals surface area contributed by atoms with E-state index in [-0.39, 0.29) is 11.5 Å². The number of Topliss-reactive ketones (excluding diaryl/α,β-unsaturated/α-hetero) is 1. The lowest BCUT2D eigenvalue weighted by molar-refractivity contribution is -0.125. The summed E-state index contributed by atoms with van der Waals surface area (Å²) in [5.74, 6) is 1.09. The van der Waals surface area contributed by atoms with Gasteiger partial charge in [-0.1, -0.05) is 19.3 Å². The molecule has 1 aliphatic heterocycles. The van der Waals surface area contributed by atoms with Gasteiger partial charge in [-0.25, -0.2) is 0 Å². The molecule has 0 aromatic heterocycles. The van der Waals surface area contributed by atoms with Crippen LogP contribution in [0.2, 0.25) is 0 Å². The summed E-state index contributed by atoms with van der Waals surface area (Å²) < 4.78 is 5.45. The molecule has 0 amide bonds. The Morgan fingerprint density at radius 1 is 1.36 bits per heavy atom. The average Bonchev–Trinajstić information content (AvgIpc) is 2.85. The molecule has 0 radical (unpaired) electrons. The van der Waals surface area contributed by atoms with Crippen molar-refractivity contribution in [3.63, 3.8) is 0 Å². The first-order valence-corrected chi connectivity index (χ1v) is 5.78. The fraction of sp³-hybridized carbons (Fsp3) is 0.917. The number of epoxide rings is 1. The van der Waals surface area contributed by atoms with Gasteiger partial charge in [0.15, 0.2) is 0 Å². The zero-order chi connectivity index (χ0) is 10.2. The van der Waals surface area contributed by atoms with E-state index in [1.165, 1.54) is 32.1 Å². The van der Waals surface area contributed by atoms with Crippen molar-refractivity contribution in [2.75, 3.05) is 6.61 Å². The van der Waals surface area contributed by atoms with Crippen LogP contribution in [0.5, 0.6) is 0 Å². The molecule has 0 N–H and O–H groups in total. The molecular weight excluding hydrogens is 176 g/mol. The van der Waals surface area contributed by atoms with Gasteiger partial charge in [0.05, 0.1) is 18.1 Å². The van der Waals surface area contributed by atoms with Crippen LogP contribution in [0.4, 0.5) is 0 Å². The van der Waals surface area contributed by atoms with Crippen molar-refractivity contribution in [1.29, 1.82) is 0 Å². The Labute approximate surface area is 86.0 Å². The third kappa shape index (κ3) is 1.85. The van der Waals surface area contributed by atoms with Gasteiger partial charge in [-0.15, -0.1) is 0 Å². The van der Waals surface area contributed by atoms with Crippen molar-refractivity contribution in [2.24, 2.45) is 11.8 Å². The summed E-state index contributed by atoms with van der Waals surface area (Å²) in [4.78, 5) is 11.6. The molecule has 1 saturated heterocycles. The Hall–Kier alpha value is -0.370. The molecule has 0 bridgehead atoms. The summed E-state index contributed by atoms with van der Waals surface area (Å²) in [5, 5.41) is 0. The predicted molar refractivity (Wildman–Crippen MR) is 55.1 cm³/mol. The topological polar surface area (TPSA) is 29.6 Å². The molecule has 80 valence electrons. The van der Waals surface area contributed by atoms with E-state index in [1.54, 1.807) is 6.92 Å². The van der Waals surface area contributed by atoms with Crippen LogP contribution in [0.3, 0.4) is 0 Å². The monoisotopic (exact) mass is 196 g/mol. The zero-order valence-electron chi connectivity index (χ0n) is 9.21. The second-order valence-electron chi connectivity index (χ2n) is 5.09. The Balaban J connectivity index is 2.05. The molecule has 14 heavy (non-hydrogen) atoms. The Morgan fingerprint density at radius 2 is 1.93 bits per heavy atom. The third-order valence-corrected chi connectivity index (χ3v) is 3.82. The molecule has 1 aliphatic carbocycles. The molecule has 2 nitrogen and oxygen atoms in total. The molecule has 2 rings (SSSR count). The smallest absolute Gasteiger partial charge is 0.136 e.